The normalized spacial score (nSPS) is 22.1. The maximum absolute atomic E-state index is 11.4. The van der Waals surface area contributed by atoms with Crippen molar-refractivity contribution < 1.29 is 9.90 Å². The van der Waals surface area contributed by atoms with Crippen LogP contribution in [0.15, 0.2) is 12.2 Å². The van der Waals surface area contributed by atoms with Gasteiger partial charge in [0.15, 0.2) is 0 Å². The molecule has 15 heavy (non-hydrogen) atoms. The van der Waals surface area contributed by atoms with E-state index in [0.717, 1.165) is 19.3 Å². The van der Waals surface area contributed by atoms with Gasteiger partial charge in [0.2, 0.25) is 0 Å². The van der Waals surface area contributed by atoms with E-state index in [1.807, 2.05) is 6.08 Å². The van der Waals surface area contributed by atoms with Crippen LogP contribution in [0.3, 0.4) is 0 Å². The number of hydrogen-bond donors (Lipinski definition) is 3. The summed E-state index contributed by atoms with van der Waals surface area (Å²) in [6, 6.07) is 0.0255. The zero-order chi connectivity index (χ0) is 11.1. The monoisotopic (exact) mass is 212 g/mol. The van der Waals surface area contributed by atoms with E-state index in [4.69, 9.17) is 5.11 Å². The molecule has 1 rings (SSSR count). The van der Waals surface area contributed by atoms with Gasteiger partial charge in [-0.1, -0.05) is 12.2 Å². The highest BCUT2D eigenvalue weighted by molar-refractivity contribution is 5.74. The molecule has 0 aromatic heterocycles. The van der Waals surface area contributed by atoms with E-state index in [9.17, 15) is 4.79 Å². The van der Waals surface area contributed by atoms with Crippen molar-refractivity contribution in [2.24, 2.45) is 0 Å². The van der Waals surface area contributed by atoms with Crippen LogP contribution in [-0.2, 0) is 0 Å². The van der Waals surface area contributed by atoms with Crippen LogP contribution >= 0.6 is 0 Å². The van der Waals surface area contributed by atoms with Crippen LogP contribution in [0, 0.1) is 0 Å². The number of hydrogen-bond acceptors (Lipinski definition) is 2. The highest BCUT2D eigenvalue weighted by Crippen LogP contribution is 2.09. The van der Waals surface area contributed by atoms with Crippen molar-refractivity contribution in [3.63, 3.8) is 0 Å². The molecule has 4 heteroatoms. The lowest BCUT2D eigenvalue weighted by Gasteiger charge is -2.18. The molecule has 3 N–H and O–H groups in total. The number of amides is 2. The molecule has 0 saturated carbocycles. The molecule has 0 radical (unpaired) electrons. The standard InChI is InChI=1S/C11H20N2O2/c1-9(14)7-8-12-11(15)13-10-5-3-2-4-6-10/h3,5,9-10,14H,2,4,6-8H2,1H3,(H2,12,13,15). The summed E-state index contributed by atoms with van der Waals surface area (Å²) in [5.41, 5.74) is 0. The molecule has 2 amide bonds. The number of aliphatic hydroxyl groups is 1. The Balaban J connectivity index is 2.12. The third-order valence-electron chi connectivity index (χ3n) is 2.42. The first kappa shape index (κ1) is 12.0. The molecular weight excluding hydrogens is 192 g/mol. The van der Waals surface area contributed by atoms with Crippen molar-refractivity contribution in [3.05, 3.63) is 12.2 Å². The fourth-order valence-corrected chi connectivity index (χ4v) is 1.55. The molecule has 86 valence electrons. The number of rotatable bonds is 4. The largest absolute Gasteiger partial charge is 0.393 e. The molecule has 0 bridgehead atoms. The summed E-state index contributed by atoms with van der Waals surface area (Å²) in [4.78, 5) is 11.4. The third-order valence-corrected chi connectivity index (χ3v) is 2.42. The summed E-state index contributed by atoms with van der Waals surface area (Å²) in [7, 11) is 0. The third kappa shape index (κ3) is 5.42. The number of aliphatic hydroxyl groups excluding tert-OH is 1. The van der Waals surface area contributed by atoms with Gasteiger partial charge >= 0.3 is 6.03 Å². The molecule has 0 aromatic rings. The Labute approximate surface area is 90.7 Å². The van der Waals surface area contributed by atoms with Crippen molar-refractivity contribution in [2.45, 2.75) is 44.8 Å². The summed E-state index contributed by atoms with van der Waals surface area (Å²) in [6.07, 6.45) is 7.63. The molecule has 4 nitrogen and oxygen atoms in total. The van der Waals surface area contributed by atoms with E-state index in [1.54, 1.807) is 6.92 Å². The van der Waals surface area contributed by atoms with Crippen LogP contribution in [0.4, 0.5) is 4.79 Å². The van der Waals surface area contributed by atoms with E-state index in [-0.39, 0.29) is 18.2 Å². The lowest BCUT2D eigenvalue weighted by Crippen LogP contribution is -2.42. The summed E-state index contributed by atoms with van der Waals surface area (Å²) in [6.45, 7) is 2.23. The van der Waals surface area contributed by atoms with Gasteiger partial charge < -0.3 is 15.7 Å². The number of urea groups is 1. The van der Waals surface area contributed by atoms with E-state index in [0.29, 0.717) is 13.0 Å². The topological polar surface area (TPSA) is 61.4 Å². The highest BCUT2D eigenvalue weighted by Gasteiger charge is 2.10. The molecule has 0 saturated heterocycles. The Hall–Kier alpha value is -1.03. The first-order valence-electron chi connectivity index (χ1n) is 5.57. The van der Waals surface area contributed by atoms with E-state index in [2.05, 4.69) is 16.7 Å². The molecule has 2 atom stereocenters. The average Bonchev–Trinajstić information content (AvgIpc) is 2.18. The number of carbonyl (C=O) groups excluding carboxylic acids is 1. The second kappa shape index (κ2) is 6.45. The van der Waals surface area contributed by atoms with Crippen molar-refractivity contribution in [1.82, 2.24) is 10.6 Å². The van der Waals surface area contributed by atoms with Gasteiger partial charge in [0.05, 0.1) is 6.10 Å². The predicted octanol–water partition coefficient (Wildman–Crippen LogP) is 1.17. The maximum Gasteiger partial charge on any atom is 0.315 e. The summed E-state index contributed by atoms with van der Waals surface area (Å²) in [5.74, 6) is 0. The fourth-order valence-electron chi connectivity index (χ4n) is 1.55. The Kier molecular flexibility index (Phi) is 5.18. The van der Waals surface area contributed by atoms with Gasteiger partial charge in [-0.25, -0.2) is 4.79 Å². The Bertz CT molecular complexity index is 227. The number of carbonyl (C=O) groups is 1. The molecule has 2 unspecified atom stereocenters. The Morgan fingerprint density at radius 3 is 3.07 bits per heavy atom. The van der Waals surface area contributed by atoms with Crippen LogP contribution in [0.1, 0.15) is 32.6 Å². The minimum absolute atomic E-state index is 0.146. The number of allylic oxidation sites excluding steroid dienone is 1. The van der Waals surface area contributed by atoms with Gasteiger partial charge in [0.1, 0.15) is 0 Å². The maximum atomic E-state index is 11.4. The zero-order valence-electron chi connectivity index (χ0n) is 9.20. The second-order valence-electron chi connectivity index (χ2n) is 4.00. The van der Waals surface area contributed by atoms with Crippen LogP contribution in [0.25, 0.3) is 0 Å². The molecule has 0 fully saturated rings. The zero-order valence-corrected chi connectivity index (χ0v) is 9.20. The van der Waals surface area contributed by atoms with Crippen LogP contribution in [0.2, 0.25) is 0 Å². The van der Waals surface area contributed by atoms with E-state index in [1.165, 1.54) is 0 Å². The van der Waals surface area contributed by atoms with Gasteiger partial charge in [-0.15, -0.1) is 0 Å². The molecule has 0 spiro atoms. The van der Waals surface area contributed by atoms with Crippen LogP contribution in [-0.4, -0.2) is 29.8 Å². The Morgan fingerprint density at radius 1 is 1.67 bits per heavy atom. The summed E-state index contributed by atoms with van der Waals surface area (Å²) < 4.78 is 0. The molecule has 0 aromatic carbocycles. The lowest BCUT2D eigenvalue weighted by atomic mass is 10.0. The van der Waals surface area contributed by atoms with E-state index < -0.39 is 0 Å². The fraction of sp³-hybridized carbons (Fsp3) is 0.727. The molecule has 1 aliphatic rings. The SMILES string of the molecule is CC(O)CCNC(=O)NC1C=CCCC1. The number of nitrogens with one attached hydrogen (secondary N) is 2. The quantitative estimate of drug-likeness (QED) is 0.612. The van der Waals surface area contributed by atoms with Gasteiger partial charge in [-0.3, -0.25) is 0 Å². The first-order chi connectivity index (χ1) is 7.18. The molecule has 0 heterocycles. The Morgan fingerprint density at radius 2 is 2.47 bits per heavy atom. The highest BCUT2D eigenvalue weighted by atomic mass is 16.3. The second-order valence-corrected chi connectivity index (χ2v) is 4.00. The van der Waals surface area contributed by atoms with Gasteiger partial charge in [-0.2, -0.15) is 0 Å². The van der Waals surface area contributed by atoms with Gasteiger partial charge in [-0.05, 0) is 32.6 Å². The van der Waals surface area contributed by atoms with Crippen LogP contribution < -0.4 is 10.6 Å². The van der Waals surface area contributed by atoms with Crippen molar-refractivity contribution in [1.29, 1.82) is 0 Å². The average molecular weight is 212 g/mol. The van der Waals surface area contributed by atoms with Gasteiger partial charge in [0, 0.05) is 12.6 Å². The van der Waals surface area contributed by atoms with Crippen molar-refractivity contribution >= 4 is 6.03 Å². The van der Waals surface area contributed by atoms with Gasteiger partial charge in [0.25, 0.3) is 0 Å². The molecule has 1 aliphatic carbocycles. The minimum atomic E-state index is -0.361. The summed E-state index contributed by atoms with van der Waals surface area (Å²) >= 11 is 0. The first-order valence-corrected chi connectivity index (χ1v) is 5.57. The minimum Gasteiger partial charge on any atom is -0.393 e. The van der Waals surface area contributed by atoms with Crippen molar-refractivity contribution in [3.8, 4) is 0 Å². The summed E-state index contributed by atoms with van der Waals surface area (Å²) in [5, 5.41) is 14.6. The molecule has 0 aliphatic heterocycles. The van der Waals surface area contributed by atoms with Crippen molar-refractivity contribution in [2.75, 3.05) is 6.54 Å². The van der Waals surface area contributed by atoms with Crippen LogP contribution in [0.5, 0.6) is 0 Å². The predicted molar refractivity (Wildman–Crippen MR) is 59.6 cm³/mol. The van der Waals surface area contributed by atoms with E-state index >= 15 is 0 Å². The molecular formula is C11H20N2O2. The smallest absolute Gasteiger partial charge is 0.315 e. The lowest BCUT2D eigenvalue weighted by molar-refractivity contribution is 0.183.